The molecule has 0 unspecified atom stereocenters. The minimum Gasteiger partial charge on any atom is -0.378 e. The lowest BCUT2D eigenvalue weighted by molar-refractivity contribution is 1.13. The average Bonchev–Trinajstić information content (AvgIpc) is 3.07. The van der Waals surface area contributed by atoms with Gasteiger partial charge in [0.1, 0.15) is 11.5 Å². The molecule has 2 N–H and O–H groups in total. The van der Waals surface area contributed by atoms with Gasteiger partial charge in [-0.25, -0.2) is 4.98 Å². The molecule has 0 fully saturated rings. The van der Waals surface area contributed by atoms with Crippen LogP contribution in [0.15, 0.2) is 61.2 Å². The first kappa shape index (κ1) is 15.6. The zero-order chi connectivity index (χ0) is 18.4. The summed E-state index contributed by atoms with van der Waals surface area (Å²) in [5, 5.41) is 7.77. The highest BCUT2D eigenvalue weighted by atomic mass is 15.1. The van der Waals surface area contributed by atoms with E-state index in [9.17, 15) is 0 Å². The van der Waals surface area contributed by atoms with Gasteiger partial charge in [-0.05, 0) is 30.3 Å². The van der Waals surface area contributed by atoms with Crippen molar-refractivity contribution in [3.63, 3.8) is 0 Å². The number of hydrogen-bond donors (Lipinski definition) is 2. The zero-order valence-electron chi connectivity index (χ0n) is 15.1. The van der Waals surface area contributed by atoms with Crippen molar-refractivity contribution in [1.29, 1.82) is 0 Å². The fourth-order valence-electron chi connectivity index (χ4n) is 3.45. The van der Waals surface area contributed by atoms with Gasteiger partial charge in [-0.2, -0.15) is 0 Å². The normalized spacial score (nSPS) is 11.3. The summed E-state index contributed by atoms with van der Waals surface area (Å²) in [6.45, 7) is 0. The third kappa shape index (κ3) is 2.54. The smallest absolute Gasteiger partial charge is 0.142 e. The Hall–Kier alpha value is -3.67. The summed E-state index contributed by atoms with van der Waals surface area (Å²) in [7, 11) is 4.06. The van der Waals surface area contributed by atoms with E-state index in [0.29, 0.717) is 0 Å². The molecule has 5 rings (SSSR count). The van der Waals surface area contributed by atoms with Crippen LogP contribution in [-0.2, 0) is 0 Å². The third-order valence-electron chi connectivity index (χ3n) is 4.77. The standard InChI is InChI=1S/C21H18N6/c1-27(2)14-5-3-4-13(10-14)24-20-17-11-22-8-6-15(17)19-16-7-9-23-12-18(16)25-21(19)26-20/h3-12H,1-2H3,(H2,24,25,26). The second-order valence-corrected chi connectivity index (χ2v) is 6.72. The summed E-state index contributed by atoms with van der Waals surface area (Å²) >= 11 is 0. The molecule has 0 aliphatic heterocycles. The number of fused-ring (bicyclic) bond motifs is 5. The predicted octanol–water partition coefficient (Wildman–Crippen LogP) is 4.47. The highest BCUT2D eigenvalue weighted by molar-refractivity contribution is 6.20. The van der Waals surface area contributed by atoms with Crippen LogP contribution in [0.2, 0.25) is 0 Å². The molecule has 0 aliphatic rings. The molecule has 0 radical (unpaired) electrons. The second kappa shape index (κ2) is 5.95. The molecule has 5 aromatic rings. The number of nitrogens with one attached hydrogen (secondary N) is 2. The number of anilines is 3. The topological polar surface area (TPSA) is 69.7 Å². The van der Waals surface area contributed by atoms with E-state index in [-0.39, 0.29) is 0 Å². The van der Waals surface area contributed by atoms with E-state index in [1.807, 2.05) is 63.1 Å². The maximum Gasteiger partial charge on any atom is 0.142 e. The van der Waals surface area contributed by atoms with Crippen LogP contribution in [0.5, 0.6) is 0 Å². The van der Waals surface area contributed by atoms with E-state index in [4.69, 9.17) is 4.98 Å². The number of benzene rings is 1. The van der Waals surface area contributed by atoms with E-state index in [1.54, 1.807) is 0 Å². The highest BCUT2D eigenvalue weighted by Crippen LogP contribution is 2.34. The first-order chi connectivity index (χ1) is 13.2. The van der Waals surface area contributed by atoms with Crippen LogP contribution in [0.25, 0.3) is 32.7 Å². The average molecular weight is 354 g/mol. The molecule has 0 amide bonds. The Morgan fingerprint density at radius 3 is 2.59 bits per heavy atom. The Bertz CT molecular complexity index is 1290. The molecule has 132 valence electrons. The Labute approximate surface area is 155 Å². The molecule has 0 saturated heterocycles. The van der Waals surface area contributed by atoms with Crippen molar-refractivity contribution in [2.24, 2.45) is 0 Å². The summed E-state index contributed by atoms with van der Waals surface area (Å²) in [5.41, 5.74) is 3.92. The number of nitrogens with zero attached hydrogens (tertiary/aromatic N) is 4. The van der Waals surface area contributed by atoms with Gasteiger partial charge in [-0.1, -0.05) is 6.07 Å². The van der Waals surface area contributed by atoms with Gasteiger partial charge in [0.15, 0.2) is 0 Å². The largest absolute Gasteiger partial charge is 0.378 e. The van der Waals surface area contributed by atoms with Gasteiger partial charge in [0, 0.05) is 65.6 Å². The van der Waals surface area contributed by atoms with Gasteiger partial charge in [0.25, 0.3) is 0 Å². The maximum atomic E-state index is 4.86. The third-order valence-corrected chi connectivity index (χ3v) is 4.77. The van der Waals surface area contributed by atoms with Crippen molar-refractivity contribution in [3.05, 3.63) is 61.2 Å². The van der Waals surface area contributed by atoms with Gasteiger partial charge in [0.2, 0.25) is 0 Å². The number of aromatic nitrogens is 4. The highest BCUT2D eigenvalue weighted by Gasteiger charge is 2.14. The predicted molar refractivity (Wildman–Crippen MR) is 111 cm³/mol. The molecule has 0 spiro atoms. The fourth-order valence-corrected chi connectivity index (χ4v) is 3.45. The van der Waals surface area contributed by atoms with Gasteiger partial charge in [-0.3, -0.25) is 9.97 Å². The second-order valence-electron chi connectivity index (χ2n) is 6.72. The number of H-pyrrole nitrogens is 1. The van der Waals surface area contributed by atoms with Crippen LogP contribution in [0, 0.1) is 0 Å². The Kier molecular flexibility index (Phi) is 3.43. The van der Waals surface area contributed by atoms with Crippen LogP contribution >= 0.6 is 0 Å². The van der Waals surface area contributed by atoms with Crippen molar-refractivity contribution < 1.29 is 0 Å². The van der Waals surface area contributed by atoms with Crippen LogP contribution in [0.4, 0.5) is 17.2 Å². The summed E-state index contributed by atoms with van der Waals surface area (Å²) in [5.74, 6) is 0.779. The van der Waals surface area contributed by atoms with E-state index >= 15 is 0 Å². The number of aromatic amines is 1. The van der Waals surface area contributed by atoms with Crippen molar-refractivity contribution in [3.8, 4) is 0 Å². The molecule has 4 heterocycles. The Morgan fingerprint density at radius 2 is 1.74 bits per heavy atom. The van der Waals surface area contributed by atoms with Crippen LogP contribution in [0.3, 0.4) is 0 Å². The van der Waals surface area contributed by atoms with Gasteiger partial charge >= 0.3 is 0 Å². The van der Waals surface area contributed by atoms with Crippen LogP contribution < -0.4 is 10.2 Å². The van der Waals surface area contributed by atoms with Gasteiger partial charge in [-0.15, -0.1) is 0 Å². The van der Waals surface area contributed by atoms with Crippen molar-refractivity contribution in [2.45, 2.75) is 0 Å². The summed E-state index contributed by atoms with van der Waals surface area (Å²) in [4.78, 5) is 18.9. The first-order valence-electron chi connectivity index (χ1n) is 8.74. The van der Waals surface area contributed by atoms with Crippen LogP contribution in [0.1, 0.15) is 0 Å². The van der Waals surface area contributed by atoms with E-state index in [0.717, 1.165) is 49.9 Å². The molecule has 0 aliphatic carbocycles. The molecule has 1 aromatic carbocycles. The maximum absolute atomic E-state index is 4.86. The first-order valence-corrected chi connectivity index (χ1v) is 8.74. The van der Waals surface area contributed by atoms with Gasteiger partial charge in [0.05, 0.1) is 11.7 Å². The van der Waals surface area contributed by atoms with E-state index in [2.05, 4.69) is 37.3 Å². The van der Waals surface area contributed by atoms with Crippen molar-refractivity contribution in [1.82, 2.24) is 19.9 Å². The molecular weight excluding hydrogens is 336 g/mol. The number of rotatable bonds is 3. The monoisotopic (exact) mass is 354 g/mol. The minimum absolute atomic E-state index is 0.779. The molecule has 27 heavy (non-hydrogen) atoms. The molecule has 6 nitrogen and oxygen atoms in total. The van der Waals surface area contributed by atoms with Crippen molar-refractivity contribution in [2.75, 3.05) is 24.3 Å². The quantitative estimate of drug-likeness (QED) is 0.500. The molecule has 6 heteroatoms. The molecule has 4 aromatic heterocycles. The van der Waals surface area contributed by atoms with E-state index < -0.39 is 0 Å². The van der Waals surface area contributed by atoms with E-state index in [1.165, 1.54) is 0 Å². The number of hydrogen-bond acceptors (Lipinski definition) is 5. The lowest BCUT2D eigenvalue weighted by Crippen LogP contribution is -2.08. The number of pyridine rings is 3. The molecule has 0 saturated carbocycles. The lowest BCUT2D eigenvalue weighted by Gasteiger charge is -2.15. The summed E-state index contributed by atoms with van der Waals surface area (Å²) in [6.07, 6.45) is 7.32. The fraction of sp³-hybridized carbons (Fsp3) is 0.0952. The van der Waals surface area contributed by atoms with Crippen molar-refractivity contribution >= 4 is 49.9 Å². The molecule has 0 atom stereocenters. The van der Waals surface area contributed by atoms with Gasteiger partial charge < -0.3 is 15.2 Å². The molecule has 0 bridgehead atoms. The Morgan fingerprint density at radius 1 is 0.926 bits per heavy atom. The Balaban J connectivity index is 1.74. The zero-order valence-corrected chi connectivity index (χ0v) is 15.1. The molecular formula is C21H18N6. The summed E-state index contributed by atoms with van der Waals surface area (Å²) in [6, 6.07) is 12.3. The SMILES string of the molecule is CN(C)c1cccc(Nc2nc3[nH]c4cnccc4c3c3ccncc23)c1. The lowest BCUT2D eigenvalue weighted by atomic mass is 10.1. The summed E-state index contributed by atoms with van der Waals surface area (Å²) < 4.78 is 0. The van der Waals surface area contributed by atoms with Crippen LogP contribution in [-0.4, -0.2) is 34.0 Å². The minimum atomic E-state index is 0.779.